The molecule has 0 radical (unpaired) electrons. The monoisotopic (exact) mass is 508 g/mol. The topological polar surface area (TPSA) is 113 Å². The van der Waals surface area contributed by atoms with E-state index in [-0.39, 0.29) is 24.6 Å². The van der Waals surface area contributed by atoms with Gasteiger partial charge in [0.15, 0.2) is 0 Å². The highest BCUT2D eigenvalue weighted by Crippen LogP contribution is 2.36. The van der Waals surface area contributed by atoms with Crippen LogP contribution in [0.25, 0.3) is 0 Å². The lowest BCUT2D eigenvalue weighted by molar-refractivity contribution is 0.0815. The highest BCUT2D eigenvalue weighted by Gasteiger charge is 2.28. The van der Waals surface area contributed by atoms with Gasteiger partial charge in [0.25, 0.3) is 5.91 Å². The number of hydrogen-bond donors (Lipinski definition) is 4. The van der Waals surface area contributed by atoms with Crippen LogP contribution in [0.15, 0.2) is 36.8 Å². The van der Waals surface area contributed by atoms with Gasteiger partial charge in [-0.05, 0) is 38.0 Å². The number of piperazine rings is 1. The van der Waals surface area contributed by atoms with Gasteiger partial charge in [-0.3, -0.25) is 9.69 Å². The zero-order valence-electron chi connectivity index (χ0n) is 22.2. The summed E-state index contributed by atoms with van der Waals surface area (Å²) in [6, 6.07) is 6.16. The summed E-state index contributed by atoms with van der Waals surface area (Å²) >= 11 is 0. The average Bonchev–Trinajstić information content (AvgIpc) is 3.56. The Morgan fingerprint density at radius 2 is 1.95 bits per heavy atom. The third-order valence-corrected chi connectivity index (χ3v) is 7.40. The van der Waals surface area contributed by atoms with Crippen LogP contribution >= 0.6 is 0 Å². The molecule has 1 unspecified atom stereocenters. The van der Waals surface area contributed by atoms with E-state index in [2.05, 4.69) is 43.5 Å². The van der Waals surface area contributed by atoms with E-state index in [1.807, 2.05) is 18.3 Å². The van der Waals surface area contributed by atoms with Gasteiger partial charge in [-0.2, -0.15) is 0 Å². The predicted molar refractivity (Wildman–Crippen MR) is 149 cm³/mol. The molecule has 1 amide bonds. The Hall–Kier alpha value is -3.37. The largest absolute Gasteiger partial charge is 0.395 e. The molecular weight excluding hydrogens is 468 g/mol. The second-order valence-electron chi connectivity index (χ2n) is 10.2. The summed E-state index contributed by atoms with van der Waals surface area (Å²) in [4.78, 5) is 23.7. The molecule has 0 spiro atoms. The van der Waals surface area contributed by atoms with E-state index in [0.29, 0.717) is 28.7 Å². The second-order valence-corrected chi connectivity index (χ2v) is 10.2. The van der Waals surface area contributed by atoms with E-state index < -0.39 is 0 Å². The third kappa shape index (κ3) is 5.97. The Bertz CT molecular complexity index is 1100. The molecule has 0 aromatic carbocycles. The van der Waals surface area contributed by atoms with Crippen molar-refractivity contribution in [2.24, 2.45) is 0 Å². The minimum Gasteiger partial charge on any atom is -0.395 e. The maximum absolute atomic E-state index is 12.9. The molecule has 4 rings (SSSR count). The van der Waals surface area contributed by atoms with E-state index in [9.17, 15) is 9.90 Å². The van der Waals surface area contributed by atoms with Crippen molar-refractivity contribution in [3.63, 3.8) is 0 Å². The lowest BCUT2D eigenvalue weighted by Crippen LogP contribution is -2.50. The van der Waals surface area contributed by atoms with Crippen LogP contribution in [0.3, 0.4) is 0 Å². The van der Waals surface area contributed by atoms with E-state index >= 15 is 0 Å². The maximum Gasteiger partial charge on any atom is 0.270 e. The third-order valence-electron chi connectivity index (χ3n) is 7.40. The minimum absolute atomic E-state index is 0.0782. The number of aliphatic hydroxyl groups excluding tert-OH is 1. The molecule has 2 aromatic heterocycles. The van der Waals surface area contributed by atoms with Gasteiger partial charge in [0.2, 0.25) is 0 Å². The van der Waals surface area contributed by atoms with Gasteiger partial charge in [0, 0.05) is 64.1 Å². The fourth-order valence-electron chi connectivity index (χ4n) is 5.23. The number of aromatic nitrogens is 2. The van der Waals surface area contributed by atoms with Crippen LogP contribution in [0.4, 0.5) is 17.3 Å². The number of nitrogens with one attached hydrogen (secondary N) is 3. The van der Waals surface area contributed by atoms with E-state index in [1.165, 1.54) is 6.21 Å². The number of hydrogen-bond acceptors (Lipinski definition) is 8. The van der Waals surface area contributed by atoms with Gasteiger partial charge in [-0.25, -0.2) is 4.98 Å². The molecule has 1 atom stereocenters. The van der Waals surface area contributed by atoms with Crippen molar-refractivity contribution >= 4 is 29.4 Å². The predicted octanol–water partition coefficient (Wildman–Crippen LogP) is 3.20. The molecule has 2 fully saturated rings. The molecule has 37 heavy (non-hydrogen) atoms. The molecule has 10 heteroatoms. The second kappa shape index (κ2) is 11.8. The molecule has 10 nitrogen and oxygen atoms in total. The van der Waals surface area contributed by atoms with Gasteiger partial charge in [-0.1, -0.05) is 19.4 Å². The highest BCUT2D eigenvalue weighted by molar-refractivity contribution is 5.98. The SMILES string of the molecule is C=C(Nc1ccc(N2CCN(C(C)CO)CC2)cn1)Nc1c(C=N)cc(C(=O)N(C)C)n1C1CCCC1. The first-order valence-electron chi connectivity index (χ1n) is 13.1. The highest BCUT2D eigenvalue weighted by atomic mass is 16.3. The molecule has 1 saturated heterocycles. The van der Waals surface area contributed by atoms with Crippen molar-refractivity contribution in [2.75, 3.05) is 62.4 Å². The van der Waals surface area contributed by atoms with Crippen LogP contribution < -0.4 is 15.5 Å². The molecule has 4 N–H and O–H groups in total. The van der Waals surface area contributed by atoms with E-state index in [4.69, 9.17) is 5.41 Å². The standard InChI is InChI=1S/C27H40N8O2/c1-19(18-36)33-11-13-34(14-12-33)23-9-10-25(29-17-23)30-20(2)31-26-21(16-28)15-24(27(37)32(3)4)35(26)22-7-5-6-8-22/h9-10,15-17,19,22,28,31,36H,2,5-8,11-14,18H2,1,3-4H3,(H,29,30). The first kappa shape index (κ1) is 26.7. The fourth-order valence-corrected chi connectivity index (χ4v) is 5.23. The zero-order chi connectivity index (χ0) is 26.5. The Morgan fingerprint density at radius 3 is 2.51 bits per heavy atom. The summed E-state index contributed by atoms with van der Waals surface area (Å²) < 4.78 is 2.05. The van der Waals surface area contributed by atoms with Crippen LogP contribution in [-0.2, 0) is 0 Å². The summed E-state index contributed by atoms with van der Waals surface area (Å²) in [5, 5.41) is 23.9. The van der Waals surface area contributed by atoms with Gasteiger partial charge in [0.05, 0.1) is 18.5 Å². The number of carbonyl (C=O) groups excluding carboxylic acids is 1. The molecular formula is C27H40N8O2. The number of anilines is 3. The van der Waals surface area contributed by atoms with Crippen LogP contribution in [0.1, 0.15) is 54.7 Å². The zero-order valence-corrected chi connectivity index (χ0v) is 22.2. The van der Waals surface area contributed by atoms with Gasteiger partial charge in [0.1, 0.15) is 23.2 Å². The van der Waals surface area contributed by atoms with Gasteiger partial charge < -0.3 is 35.5 Å². The van der Waals surface area contributed by atoms with Crippen molar-refractivity contribution in [1.82, 2.24) is 19.4 Å². The average molecular weight is 509 g/mol. The molecule has 2 aliphatic rings. The Morgan fingerprint density at radius 1 is 1.24 bits per heavy atom. The first-order chi connectivity index (χ1) is 17.8. The number of amides is 1. The maximum atomic E-state index is 12.9. The van der Waals surface area contributed by atoms with Crippen LogP contribution in [0.5, 0.6) is 0 Å². The van der Waals surface area contributed by atoms with Crippen molar-refractivity contribution in [2.45, 2.75) is 44.7 Å². The summed E-state index contributed by atoms with van der Waals surface area (Å²) in [5.41, 5.74) is 2.30. The number of rotatable bonds is 10. The fraction of sp³-hybridized carbons (Fsp3) is 0.519. The lowest BCUT2D eigenvalue weighted by atomic mass is 10.2. The van der Waals surface area contributed by atoms with Crippen molar-refractivity contribution in [1.29, 1.82) is 5.41 Å². The summed E-state index contributed by atoms with van der Waals surface area (Å²) in [5.74, 6) is 1.81. The van der Waals surface area contributed by atoms with Gasteiger partial charge in [-0.15, -0.1) is 0 Å². The number of nitrogens with zero attached hydrogens (tertiary/aromatic N) is 5. The number of pyridine rings is 1. The first-order valence-corrected chi connectivity index (χ1v) is 13.1. The van der Waals surface area contributed by atoms with E-state index in [0.717, 1.165) is 57.5 Å². The molecule has 2 aromatic rings. The quantitative estimate of drug-likeness (QED) is 0.365. The summed E-state index contributed by atoms with van der Waals surface area (Å²) in [6.45, 7) is 9.99. The summed E-state index contributed by atoms with van der Waals surface area (Å²) in [7, 11) is 3.49. The molecule has 1 aliphatic carbocycles. The Labute approximate surface area is 219 Å². The minimum atomic E-state index is -0.0782. The Balaban J connectivity index is 1.45. The summed E-state index contributed by atoms with van der Waals surface area (Å²) in [6.07, 6.45) is 7.40. The van der Waals surface area contributed by atoms with Crippen LogP contribution in [-0.4, -0.2) is 89.5 Å². The smallest absolute Gasteiger partial charge is 0.270 e. The molecule has 1 saturated carbocycles. The number of aliphatic hydroxyl groups is 1. The number of carbonyl (C=O) groups is 1. The van der Waals surface area contributed by atoms with Crippen molar-refractivity contribution in [3.8, 4) is 0 Å². The van der Waals surface area contributed by atoms with Crippen molar-refractivity contribution < 1.29 is 9.90 Å². The van der Waals surface area contributed by atoms with Crippen LogP contribution in [0, 0.1) is 5.41 Å². The lowest BCUT2D eigenvalue weighted by Gasteiger charge is -2.38. The normalized spacial score (nSPS) is 17.5. The van der Waals surface area contributed by atoms with E-state index in [1.54, 1.807) is 25.1 Å². The van der Waals surface area contributed by atoms with Crippen LogP contribution in [0.2, 0.25) is 0 Å². The Kier molecular flexibility index (Phi) is 8.50. The van der Waals surface area contributed by atoms with Gasteiger partial charge >= 0.3 is 0 Å². The molecule has 0 bridgehead atoms. The van der Waals surface area contributed by atoms with Crippen molar-refractivity contribution in [3.05, 3.63) is 48.1 Å². The molecule has 200 valence electrons. The molecule has 3 heterocycles. The molecule has 1 aliphatic heterocycles.